The summed E-state index contributed by atoms with van der Waals surface area (Å²) < 4.78 is 13.5. The second-order valence-corrected chi connectivity index (χ2v) is 9.91. The van der Waals surface area contributed by atoms with Gasteiger partial charge in [0.15, 0.2) is 0 Å². The molecule has 0 amide bonds. The molecule has 0 N–H and O–H groups in total. The molecule has 4 atom stereocenters. The van der Waals surface area contributed by atoms with Gasteiger partial charge in [-0.15, -0.1) is 0 Å². The molecule has 35 heavy (non-hydrogen) atoms. The molecule has 0 radical (unpaired) electrons. The Hall–Kier alpha value is -0.481. The third-order valence-corrected chi connectivity index (χ3v) is 7.48. The SMILES string of the molecule is CCC(=O)C1C(c2ccc(F)cc2)CC2CCC1N2CCCN(CC[S-])CC([O-])=NCC[S-].[O-2].[Tc+5]. The summed E-state index contributed by atoms with van der Waals surface area (Å²) in [5.41, 5.74) is 1.08. The summed E-state index contributed by atoms with van der Waals surface area (Å²) in [7, 11) is 0. The van der Waals surface area contributed by atoms with Gasteiger partial charge < -0.3 is 45.7 Å². The van der Waals surface area contributed by atoms with E-state index in [-0.39, 0.29) is 55.2 Å². The van der Waals surface area contributed by atoms with E-state index in [0.717, 1.165) is 44.3 Å². The fourth-order valence-corrected chi connectivity index (χ4v) is 6.03. The van der Waals surface area contributed by atoms with Crippen molar-refractivity contribution < 1.29 is 39.9 Å². The Bertz CT molecular complexity index is 803. The molecule has 4 unspecified atom stereocenters. The number of halogens is 1. The van der Waals surface area contributed by atoms with Gasteiger partial charge in [-0.05, 0) is 74.8 Å². The normalized spacial score (nSPS) is 24.2. The summed E-state index contributed by atoms with van der Waals surface area (Å²) in [6, 6.07) is 7.40. The second-order valence-electron chi connectivity index (χ2n) is 9.09. The van der Waals surface area contributed by atoms with E-state index >= 15 is 0 Å². The second kappa shape index (κ2) is 16.4. The molecule has 2 fully saturated rings. The van der Waals surface area contributed by atoms with E-state index in [1.807, 2.05) is 19.1 Å². The smallest absolute Gasteiger partial charge is 2.00 e. The minimum Gasteiger partial charge on any atom is -2.00 e. The number of nitrogens with zero attached hydrogens (tertiary/aromatic N) is 3. The fraction of sp³-hybridized carbons (Fsp3) is 0.680. The Labute approximate surface area is 233 Å². The molecule has 1 aromatic carbocycles. The molecule has 0 aliphatic carbocycles. The molecule has 2 saturated heterocycles. The first kappa shape index (κ1) is 32.5. The number of piperidine rings is 1. The molecule has 194 valence electrons. The number of ketones is 1. The van der Waals surface area contributed by atoms with Gasteiger partial charge in [0.25, 0.3) is 0 Å². The molecule has 2 bridgehead atoms. The molecule has 0 saturated carbocycles. The molecule has 2 heterocycles. The first-order chi connectivity index (χ1) is 16.0. The summed E-state index contributed by atoms with van der Waals surface area (Å²) in [5.74, 6) is 1.10. The van der Waals surface area contributed by atoms with Crippen LogP contribution in [-0.4, -0.2) is 77.8 Å². The van der Waals surface area contributed by atoms with Crippen LogP contribution in [-0.2, 0) is 55.6 Å². The Balaban J connectivity index is 0.00000306. The molecule has 2 aliphatic rings. The predicted molar refractivity (Wildman–Crippen MR) is 135 cm³/mol. The Kier molecular flexibility index (Phi) is 15.2. The average molecular weight is 607 g/mol. The number of fused-ring (bicyclic) bond motifs is 2. The van der Waals surface area contributed by atoms with Gasteiger partial charge in [-0.2, -0.15) is 11.5 Å². The zero-order valence-corrected chi connectivity index (χ0v) is 23.7. The van der Waals surface area contributed by atoms with Crippen molar-refractivity contribution in [3.05, 3.63) is 35.6 Å². The van der Waals surface area contributed by atoms with E-state index in [0.29, 0.717) is 49.4 Å². The van der Waals surface area contributed by atoms with Crippen LogP contribution in [0.1, 0.15) is 50.5 Å². The molecule has 6 nitrogen and oxygen atoms in total. The fourth-order valence-electron chi connectivity index (χ4n) is 5.68. The Morgan fingerprint density at radius 2 is 1.91 bits per heavy atom. The van der Waals surface area contributed by atoms with E-state index < -0.39 is 0 Å². The summed E-state index contributed by atoms with van der Waals surface area (Å²) in [5, 5.41) is 12.0. The minimum atomic E-state index is -0.239. The number of carbonyl (C=O) groups excluding carboxylic acids is 1. The van der Waals surface area contributed by atoms with Crippen molar-refractivity contribution in [3.63, 3.8) is 0 Å². The summed E-state index contributed by atoms with van der Waals surface area (Å²) in [6.45, 7) is 5.02. The summed E-state index contributed by atoms with van der Waals surface area (Å²) in [6.07, 6.45) is 4.52. The maximum atomic E-state index is 13.5. The van der Waals surface area contributed by atoms with E-state index in [1.165, 1.54) is 12.1 Å². The largest absolute Gasteiger partial charge is 5.00 e. The topological polar surface area (TPSA) is 87.5 Å². The molecular formula is C25H35FN3O3S2Tc. The minimum absolute atomic E-state index is 0. The van der Waals surface area contributed by atoms with Gasteiger partial charge in [0.1, 0.15) is 11.6 Å². The zero-order chi connectivity index (χ0) is 23.8. The van der Waals surface area contributed by atoms with Crippen LogP contribution >= 0.6 is 0 Å². The number of rotatable bonds is 13. The Morgan fingerprint density at radius 1 is 1.20 bits per heavy atom. The van der Waals surface area contributed by atoms with Crippen molar-refractivity contribution in [3.8, 4) is 0 Å². The summed E-state index contributed by atoms with van der Waals surface area (Å²) in [4.78, 5) is 21.7. The van der Waals surface area contributed by atoms with Crippen molar-refractivity contribution in [1.82, 2.24) is 9.80 Å². The number of aliphatic imine (C=N–C) groups is 1. The Morgan fingerprint density at radius 3 is 2.54 bits per heavy atom. The van der Waals surface area contributed by atoms with Gasteiger partial charge in [-0.1, -0.05) is 19.1 Å². The molecule has 1 aromatic rings. The van der Waals surface area contributed by atoms with Crippen LogP contribution in [0.15, 0.2) is 29.3 Å². The molecule has 0 aromatic heterocycles. The maximum Gasteiger partial charge on any atom is 5.00 e. The van der Waals surface area contributed by atoms with Crippen molar-refractivity contribution >= 4 is 36.9 Å². The van der Waals surface area contributed by atoms with Gasteiger partial charge in [-0.3, -0.25) is 9.69 Å². The quantitative estimate of drug-likeness (QED) is 0.194. The average Bonchev–Trinajstić information content (AvgIpc) is 3.08. The number of Topliss-reactive ketones (excluding diaryl/α,β-unsaturated/α-hetero) is 1. The summed E-state index contributed by atoms with van der Waals surface area (Å²) >= 11 is 10.0. The molecule has 2 aliphatic heterocycles. The van der Waals surface area contributed by atoms with Crippen LogP contribution < -0.4 is 5.11 Å². The van der Waals surface area contributed by atoms with Gasteiger partial charge >= 0.3 is 20.1 Å². The number of hydrogen-bond acceptors (Lipinski definition) is 7. The van der Waals surface area contributed by atoms with Crippen molar-refractivity contribution in [2.24, 2.45) is 10.9 Å². The van der Waals surface area contributed by atoms with Crippen molar-refractivity contribution in [1.29, 1.82) is 0 Å². The van der Waals surface area contributed by atoms with Crippen LogP contribution in [0.5, 0.6) is 0 Å². The first-order valence-electron chi connectivity index (χ1n) is 12.1. The van der Waals surface area contributed by atoms with Crippen molar-refractivity contribution in [2.75, 3.05) is 44.2 Å². The van der Waals surface area contributed by atoms with Crippen LogP contribution in [0.4, 0.5) is 4.39 Å². The maximum absolute atomic E-state index is 13.5. The third-order valence-electron chi connectivity index (χ3n) is 7.12. The molecule has 0 spiro atoms. The van der Waals surface area contributed by atoms with Gasteiger partial charge in [-0.25, -0.2) is 4.39 Å². The predicted octanol–water partition coefficient (Wildman–Crippen LogP) is 2.16. The molecular weight excluding hydrogens is 571 g/mol. The van der Waals surface area contributed by atoms with E-state index in [4.69, 9.17) is 25.3 Å². The van der Waals surface area contributed by atoms with Crippen LogP contribution in [0.25, 0.3) is 0 Å². The molecule has 3 rings (SSSR count). The van der Waals surface area contributed by atoms with Crippen LogP contribution in [0.3, 0.4) is 0 Å². The first-order valence-corrected chi connectivity index (χ1v) is 13.3. The van der Waals surface area contributed by atoms with Gasteiger partial charge in [0, 0.05) is 37.5 Å². The number of benzene rings is 1. The monoisotopic (exact) mass is 605 g/mol. The molecule has 10 heteroatoms. The van der Waals surface area contributed by atoms with Crippen LogP contribution in [0, 0.1) is 11.7 Å². The van der Waals surface area contributed by atoms with E-state index in [1.54, 1.807) is 0 Å². The van der Waals surface area contributed by atoms with Crippen molar-refractivity contribution in [2.45, 2.75) is 57.0 Å². The number of carbonyl (C=O) groups is 1. The number of hydrogen-bond donors (Lipinski definition) is 0. The van der Waals surface area contributed by atoms with Gasteiger partial charge in [0.2, 0.25) is 0 Å². The van der Waals surface area contributed by atoms with E-state index in [2.05, 4.69) is 14.8 Å². The van der Waals surface area contributed by atoms with Crippen LogP contribution in [0.2, 0.25) is 0 Å². The third kappa shape index (κ3) is 8.80. The van der Waals surface area contributed by atoms with Gasteiger partial charge in [0.05, 0.1) is 0 Å². The van der Waals surface area contributed by atoms with E-state index in [9.17, 15) is 14.3 Å². The standard InChI is InChI=1S/C25H38FN3O2S2.O.Tc/c1-2-23(30)25-21(18-4-6-19(26)7-5-18)16-20-8-9-22(25)29(20)12-3-11-28(13-15-33)17-24(31)27-10-14-32;;/h4-7,20-22,25,32-33H,2-3,8-17H2,1H3,(H,27,31);;/q;-2;+5/p-3. The zero-order valence-electron chi connectivity index (χ0n) is 20.2.